The molecule has 0 amide bonds. The van der Waals surface area contributed by atoms with Gasteiger partial charge in [-0.1, -0.05) is 0 Å². The molecule has 0 aromatic rings. The van der Waals surface area contributed by atoms with Gasteiger partial charge in [-0.25, -0.2) is 19.2 Å². The van der Waals surface area contributed by atoms with Crippen molar-refractivity contribution in [3.63, 3.8) is 0 Å². The monoisotopic (exact) mass is 350 g/mol. The van der Waals surface area contributed by atoms with E-state index < -0.39 is 23.9 Å². The molecular weight excluding hydrogens is 328 g/mol. The van der Waals surface area contributed by atoms with Gasteiger partial charge in [0.15, 0.2) is 0 Å². The van der Waals surface area contributed by atoms with Crippen LogP contribution < -0.4 is 0 Å². The number of carboxylic acids is 4. The molecule has 0 aromatic carbocycles. The van der Waals surface area contributed by atoms with Gasteiger partial charge in [0.2, 0.25) is 0 Å². The minimum Gasteiger partial charge on any atom is -0.473 e. The molecule has 0 unspecified atom stereocenters. The fourth-order valence-electron chi connectivity index (χ4n) is 0. The Balaban J connectivity index is -0.0000000289. The summed E-state index contributed by atoms with van der Waals surface area (Å²) < 4.78 is 0. The van der Waals surface area contributed by atoms with Crippen LogP contribution in [0.5, 0.6) is 0 Å². The fraction of sp³-hybridized carbons (Fsp3) is 0.600. The Morgan fingerprint density at radius 1 is 0.619 bits per heavy atom. The molecule has 0 aliphatic heterocycles. The molecule has 0 heterocycles. The van der Waals surface area contributed by atoms with Crippen molar-refractivity contribution in [1.29, 1.82) is 0 Å². The first-order chi connectivity index (χ1) is 8.75. The molecule has 0 saturated carbocycles. The maximum absolute atomic E-state index is 9.10. The normalized spacial score (nSPS) is 7.62. The Morgan fingerprint density at radius 2 is 0.667 bits per heavy atom. The van der Waals surface area contributed by atoms with E-state index in [9.17, 15) is 0 Å². The zero-order valence-corrected chi connectivity index (χ0v) is 13.5. The number of hydrogen-bond donors (Lipinski definition) is 6. The minimum absolute atomic E-state index is 0. The molecular formula is C10H22O10Ti+2. The third kappa shape index (κ3) is 119. The average molecular weight is 350 g/mol. The Morgan fingerprint density at radius 3 is 0.667 bits per heavy atom. The van der Waals surface area contributed by atoms with Crippen LogP contribution in [0.2, 0.25) is 0 Å². The molecule has 124 valence electrons. The average Bonchev–Trinajstić information content (AvgIpc) is 2.15. The van der Waals surface area contributed by atoms with Gasteiger partial charge in [-0.15, -0.1) is 0 Å². The molecule has 0 bridgehead atoms. The van der Waals surface area contributed by atoms with E-state index in [0.29, 0.717) is 0 Å². The van der Waals surface area contributed by atoms with E-state index in [1.165, 1.54) is 0 Å². The standard InChI is InChI=1S/2C3H8O.2C2H2O4.Ti/c2*1-3(2)4;2*3-1(4)2(5)6;/h2*3-4H,1-2H3;2*(H,3,4)(H,5,6);/p+2. The second kappa shape index (κ2) is 20.8. The summed E-state index contributed by atoms with van der Waals surface area (Å²) in [5, 5.41) is 45.7. The van der Waals surface area contributed by atoms with Crippen LogP contribution in [-0.2, 0) is 40.9 Å². The van der Waals surface area contributed by atoms with E-state index >= 15 is 0 Å². The van der Waals surface area contributed by atoms with Gasteiger partial charge in [0, 0.05) is 33.9 Å². The molecule has 11 heteroatoms. The number of aliphatic carboxylic acids is 4. The first-order valence-electron chi connectivity index (χ1n) is 5.04. The first kappa shape index (κ1) is 31.8. The van der Waals surface area contributed by atoms with Crippen molar-refractivity contribution in [2.24, 2.45) is 0 Å². The number of hydrogen-bond acceptors (Lipinski definition) is 6. The summed E-state index contributed by atoms with van der Waals surface area (Å²) >= 11 is 0. The molecule has 0 saturated heterocycles. The number of aliphatic hydroxyl groups excluding tert-OH is 2. The molecule has 0 atom stereocenters. The number of carboxylic acid groups (broad SMARTS) is 4. The number of rotatable bonds is 0. The van der Waals surface area contributed by atoms with E-state index in [-0.39, 0.29) is 36.8 Å². The van der Waals surface area contributed by atoms with Crippen LogP contribution in [0.1, 0.15) is 30.5 Å². The van der Waals surface area contributed by atoms with Gasteiger partial charge in [-0.3, -0.25) is 0 Å². The molecule has 0 radical (unpaired) electrons. The maximum atomic E-state index is 9.10. The Kier molecular flexibility index (Phi) is 31.5. The topological polar surface area (TPSA) is 190 Å². The molecule has 0 aliphatic carbocycles. The van der Waals surface area contributed by atoms with Crippen molar-refractivity contribution in [2.45, 2.75) is 39.9 Å². The fourth-order valence-corrected chi connectivity index (χ4v) is 0. The summed E-state index contributed by atoms with van der Waals surface area (Å²) in [6.07, 6.45) is -0.333. The second-order valence-corrected chi connectivity index (χ2v) is 3.41. The molecule has 0 fully saturated rings. The van der Waals surface area contributed by atoms with Gasteiger partial charge >= 0.3 is 26.7 Å². The van der Waals surface area contributed by atoms with Crippen molar-refractivity contribution in [2.75, 3.05) is 0 Å². The van der Waals surface area contributed by atoms with Gasteiger partial charge < -0.3 is 30.6 Å². The van der Waals surface area contributed by atoms with Crippen LogP contribution in [0.4, 0.5) is 0 Å². The van der Waals surface area contributed by atoms with Gasteiger partial charge in [0.1, 0.15) is 0 Å². The predicted octanol–water partition coefficient (Wildman–Crippen LogP) is -0.692. The smallest absolute Gasteiger partial charge is 0.473 e. The number of carbonyl (C=O) groups is 4. The van der Waals surface area contributed by atoms with Crippen LogP contribution in [-0.4, -0.2) is 66.7 Å². The second-order valence-electron chi connectivity index (χ2n) is 3.41. The van der Waals surface area contributed by atoms with Crippen LogP contribution in [0.3, 0.4) is 0 Å². The molecule has 0 aliphatic rings. The zero-order chi connectivity index (χ0) is 17.5. The quantitative estimate of drug-likeness (QED) is 0.241. The largest absolute Gasteiger partial charge is 1.00 e. The molecule has 0 spiro atoms. The first-order valence-corrected chi connectivity index (χ1v) is 5.04. The summed E-state index contributed by atoms with van der Waals surface area (Å²) in [4.78, 5) is 36.4. The minimum atomic E-state index is -1.82. The van der Waals surface area contributed by atoms with E-state index in [1.54, 1.807) is 27.7 Å². The number of aliphatic hydroxyl groups is 2. The van der Waals surface area contributed by atoms with E-state index in [2.05, 4.69) is 0 Å². The van der Waals surface area contributed by atoms with Crippen LogP contribution in [0.15, 0.2) is 0 Å². The van der Waals surface area contributed by atoms with E-state index in [0.717, 1.165) is 0 Å². The summed E-state index contributed by atoms with van der Waals surface area (Å²) in [6.45, 7) is 6.89. The van der Waals surface area contributed by atoms with Crippen molar-refractivity contribution < 1.29 is 74.4 Å². The Bertz CT molecular complexity index is 251. The summed E-state index contributed by atoms with van der Waals surface area (Å²) in [5.41, 5.74) is 0. The van der Waals surface area contributed by atoms with Crippen molar-refractivity contribution in [1.82, 2.24) is 0 Å². The molecule has 10 nitrogen and oxygen atoms in total. The third-order valence-corrected chi connectivity index (χ3v) is 0.366. The van der Waals surface area contributed by atoms with Crippen LogP contribution >= 0.6 is 0 Å². The summed E-state index contributed by atoms with van der Waals surface area (Å²) in [7, 11) is 0. The van der Waals surface area contributed by atoms with Gasteiger partial charge in [-0.2, -0.15) is 0 Å². The van der Waals surface area contributed by atoms with Crippen molar-refractivity contribution >= 4 is 23.9 Å². The molecule has 0 aromatic heterocycles. The third-order valence-electron chi connectivity index (χ3n) is 0.366. The Labute approximate surface area is 138 Å². The molecule has 0 rings (SSSR count). The van der Waals surface area contributed by atoms with Crippen molar-refractivity contribution in [3.05, 3.63) is 0 Å². The summed E-state index contributed by atoms with van der Waals surface area (Å²) in [6, 6.07) is 0. The zero-order valence-electron chi connectivity index (χ0n) is 14.0. The van der Waals surface area contributed by atoms with Gasteiger partial charge in [0.05, 0.1) is 0 Å². The SMILES string of the molecule is CC(C)O.CC(C)O.O=C(O)C(=O)O.O=C(O)C(=O)O.[H+].[H+].[Ti]. The van der Waals surface area contributed by atoms with E-state index in [4.69, 9.17) is 49.8 Å². The van der Waals surface area contributed by atoms with Gasteiger partial charge in [-0.05, 0) is 27.7 Å². The molecule has 6 N–H and O–H groups in total. The maximum Gasteiger partial charge on any atom is 1.00 e. The Hall–Kier alpha value is -1.49. The van der Waals surface area contributed by atoms with Crippen LogP contribution in [0, 0.1) is 0 Å². The van der Waals surface area contributed by atoms with Crippen LogP contribution in [0.25, 0.3) is 0 Å². The summed E-state index contributed by atoms with van der Waals surface area (Å²) in [5.74, 6) is -7.30. The predicted molar refractivity (Wildman–Crippen MR) is 67.5 cm³/mol. The van der Waals surface area contributed by atoms with Gasteiger partial charge in [0.25, 0.3) is 0 Å². The molecule has 21 heavy (non-hydrogen) atoms. The van der Waals surface area contributed by atoms with Crippen molar-refractivity contribution in [3.8, 4) is 0 Å². The van der Waals surface area contributed by atoms with E-state index in [1.807, 2.05) is 0 Å².